The lowest BCUT2D eigenvalue weighted by atomic mass is 9.75. The smallest absolute Gasteiger partial charge is 0.411 e. The predicted octanol–water partition coefficient (Wildman–Crippen LogP) is 5.13. The van der Waals surface area contributed by atoms with E-state index in [0.717, 1.165) is 38.2 Å². The molecule has 41 heavy (non-hydrogen) atoms. The number of likely N-dealkylation sites (tertiary alicyclic amines) is 1. The van der Waals surface area contributed by atoms with Crippen LogP contribution in [0.15, 0.2) is 64.8 Å². The van der Waals surface area contributed by atoms with E-state index in [1.54, 1.807) is 45.2 Å². The van der Waals surface area contributed by atoms with Crippen LogP contribution < -0.4 is 10.1 Å². The average molecular weight is 564 g/mol. The van der Waals surface area contributed by atoms with Gasteiger partial charge >= 0.3 is 18.0 Å². The number of methoxy groups -OCH3 is 1. The number of aliphatic imine (C=N–C) groups is 1. The van der Waals surface area contributed by atoms with Crippen molar-refractivity contribution in [3.05, 3.63) is 70.9 Å². The van der Waals surface area contributed by atoms with Crippen molar-refractivity contribution in [2.45, 2.75) is 44.9 Å². The van der Waals surface area contributed by atoms with E-state index < -0.39 is 29.9 Å². The number of carboxylic acids is 2. The zero-order chi connectivity index (χ0) is 29.5. The molecule has 4 rings (SSSR count). The standard InChI is InChI=1S/C31H37N3O7/c1-19-26(29(35)36)28(27(30(37)38)20(2)32-19)23-8-4-9-24(17-23)33-31(39)41-16-6-13-34-14-11-21(12-15-34)22-7-5-10-25(18-22)40-3/h4-5,7-10,17-18,21,26,28H,6,11-16H2,1-3H3,(H,33,39)(H,35,36)(H,37,38). The molecule has 2 aromatic rings. The lowest BCUT2D eigenvalue weighted by Gasteiger charge is -2.32. The number of carboxylic acid groups (broad SMARTS) is 2. The molecule has 218 valence electrons. The van der Waals surface area contributed by atoms with Gasteiger partial charge in [0.25, 0.3) is 0 Å². The summed E-state index contributed by atoms with van der Waals surface area (Å²) in [7, 11) is 1.68. The van der Waals surface area contributed by atoms with Crippen molar-refractivity contribution in [1.29, 1.82) is 0 Å². The number of hydrogen-bond acceptors (Lipinski definition) is 7. The number of allylic oxidation sites excluding steroid dienone is 1. The van der Waals surface area contributed by atoms with E-state index in [-0.39, 0.29) is 17.9 Å². The number of carbonyl (C=O) groups excluding carboxylic acids is 1. The summed E-state index contributed by atoms with van der Waals surface area (Å²) in [5.41, 5.74) is 2.67. The van der Waals surface area contributed by atoms with Crippen LogP contribution in [0.4, 0.5) is 10.5 Å². The van der Waals surface area contributed by atoms with Gasteiger partial charge in [-0.2, -0.15) is 0 Å². The van der Waals surface area contributed by atoms with Crippen LogP contribution in [0, 0.1) is 5.92 Å². The normalized spacial score (nSPS) is 19.8. The van der Waals surface area contributed by atoms with Crippen molar-refractivity contribution < 1.29 is 34.1 Å². The van der Waals surface area contributed by atoms with Crippen molar-refractivity contribution in [3.63, 3.8) is 0 Å². The zero-order valence-electron chi connectivity index (χ0n) is 23.6. The maximum absolute atomic E-state index is 12.5. The van der Waals surface area contributed by atoms with Crippen molar-refractivity contribution in [2.24, 2.45) is 10.9 Å². The van der Waals surface area contributed by atoms with E-state index >= 15 is 0 Å². The minimum atomic E-state index is -1.22. The van der Waals surface area contributed by atoms with Crippen LogP contribution in [-0.4, -0.2) is 72.2 Å². The van der Waals surface area contributed by atoms with Gasteiger partial charge in [0.2, 0.25) is 0 Å². The minimum absolute atomic E-state index is 0.0738. The zero-order valence-corrected chi connectivity index (χ0v) is 23.6. The highest BCUT2D eigenvalue weighted by atomic mass is 16.5. The number of ether oxygens (including phenoxy) is 2. The van der Waals surface area contributed by atoms with E-state index in [1.165, 1.54) is 5.56 Å². The van der Waals surface area contributed by atoms with E-state index in [4.69, 9.17) is 9.47 Å². The number of amides is 1. The van der Waals surface area contributed by atoms with Gasteiger partial charge in [0.05, 0.1) is 19.3 Å². The summed E-state index contributed by atoms with van der Waals surface area (Å²) >= 11 is 0. The second kappa shape index (κ2) is 13.5. The van der Waals surface area contributed by atoms with Crippen LogP contribution in [-0.2, 0) is 14.3 Å². The van der Waals surface area contributed by atoms with Gasteiger partial charge in [-0.15, -0.1) is 0 Å². The summed E-state index contributed by atoms with van der Waals surface area (Å²) < 4.78 is 10.7. The molecule has 0 radical (unpaired) electrons. The maximum atomic E-state index is 12.5. The Balaban J connectivity index is 1.27. The second-order valence-electron chi connectivity index (χ2n) is 10.5. The largest absolute Gasteiger partial charge is 0.497 e. The second-order valence-corrected chi connectivity index (χ2v) is 10.5. The predicted molar refractivity (Wildman–Crippen MR) is 155 cm³/mol. The van der Waals surface area contributed by atoms with Gasteiger partial charge in [0.1, 0.15) is 11.7 Å². The summed E-state index contributed by atoms with van der Waals surface area (Å²) in [6.07, 6.45) is 2.21. The Morgan fingerprint density at radius 2 is 1.73 bits per heavy atom. The SMILES string of the molecule is COc1cccc(C2CCN(CCCOC(=O)Nc3cccc(C4C(C(=O)O)=C(C)N=C(C)C4C(=O)O)c3)CC2)c1. The lowest BCUT2D eigenvalue weighted by molar-refractivity contribution is -0.140. The summed E-state index contributed by atoms with van der Waals surface area (Å²) in [4.78, 5) is 43.1. The molecule has 2 aliphatic rings. The Labute approximate surface area is 239 Å². The number of benzene rings is 2. The molecule has 2 aromatic carbocycles. The fraction of sp³-hybridized carbons (Fsp3) is 0.419. The van der Waals surface area contributed by atoms with Crippen molar-refractivity contribution in [1.82, 2.24) is 4.90 Å². The molecule has 1 amide bonds. The number of aliphatic carboxylic acids is 2. The highest BCUT2D eigenvalue weighted by molar-refractivity contribution is 6.06. The number of carbonyl (C=O) groups is 3. The van der Waals surface area contributed by atoms with Gasteiger partial charge in [-0.1, -0.05) is 24.3 Å². The molecule has 2 heterocycles. The van der Waals surface area contributed by atoms with Crippen LogP contribution in [0.1, 0.15) is 56.1 Å². The van der Waals surface area contributed by atoms with Gasteiger partial charge in [0, 0.05) is 29.6 Å². The van der Waals surface area contributed by atoms with Gasteiger partial charge in [-0.3, -0.25) is 15.1 Å². The van der Waals surface area contributed by atoms with Crippen LogP contribution in [0.2, 0.25) is 0 Å². The molecule has 2 atom stereocenters. The van der Waals surface area contributed by atoms with Gasteiger partial charge in [-0.25, -0.2) is 9.59 Å². The number of nitrogens with zero attached hydrogens (tertiary/aromatic N) is 2. The first-order chi connectivity index (χ1) is 19.7. The minimum Gasteiger partial charge on any atom is -0.497 e. The number of anilines is 1. The van der Waals surface area contributed by atoms with E-state index in [0.29, 0.717) is 29.3 Å². The van der Waals surface area contributed by atoms with E-state index in [9.17, 15) is 24.6 Å². The molecule has 3 N–H and O–H groups in total. The van der Waals surface area contributed by atoms with Crippen molar-refractivity contribution >= 4 is 29.4 Å². The monoisotopic (exact) mass is 563 g/mol. The van der Waals surface area contributed by atoms with E-state index in [1.807, 2.05) is 12.1 Å². The van der Waals surface area contributed by atoms with Crippen LogP contribution in [0.3, 0.4) is 0 Å². The summed E-state index contributed by atoms with van der Waals surface area (Å²) in [6.45, 7) is 6.19. The van der Waals surface area contributed by atoms with Crippen molar-refractivity contribution in [2.75, 3.05) is 38.7 Å². The van der Waals surface area contributed by atoms with Gasteiger partial charge < -0.3 is 24.6 Å². The molecule has 0 aliphatic carbocycles. The first kappa shape index (κ1) is 29.8. The number of piperidine rings is 1. The molecule has 1 saturated heterocycles. The fourth-order valence-corrected chi connectivity index (χ4v) is 5.80. The molecule has 2 unspecified atom stereocenters. The fourth-order valence-electron chi connectivity index (χ4n) is 5.80. The molecule has 10 nitrogen and oxygen atoms in total. The number of rotatable bonds is 10. The molecular formula is C31H37N3O7. The first-order valence-corrected chi connectivity index (χ1v) is 13.8. The average Bonchev–Trinajstić information content (AvgIpc) is 2.95. The Hall–Kier alpha value is -4.18. The quantitative estimate of drug-likeness (QED) is 0.338. The van der Waals surface area contributed by atoms with Crippen molar-refractivity contribution in [3.8, 4) is 5.75 Å². The third-order valence-corrected chi connectivity index (χ3v) is 7.82. The summed E-state index contributed by atoms with van der Waals surface area (Å²) in [6, 6.07) is 14.8. The summed E-state index contributed by atoms with van der Waals surface area (Å²) in [5, 5.41) is 22.3. The molecule has 10 heteroatoms. The van der Waals surface area contributed by atoms with Gasteiger partial charge in [0.15, 0.2) is 0 Å². The molecule has 0 bridgehead atoms. The molecular weight excluding hydrogens is 526 g/mol. The highest BCUT2D eigenvalue weighted by Gasteiger charge is 2.41. The molecule has 0 saturated carbocycles. The Kier molecular flexibility index (Phi) is 9.78. The molecule has 2 aliphatic heterocycles. The van der Waals surface area contributed by atoms with Crippen LogP contribution in [0.5, 0.6) is 5.75 Å². The Morgan fingerprint density at radius 1 is 1.02 bits per heavy atom. The number of nitrogens with one attached hydrogen (secondary N) is 1. The molecule has 0 aromatic heterocycles. The topological polar surface area (TPSA) is 138 Å². The Bertz CT molecular complexity index is 1340. The van der Waals surface area contributed by atoms with Crippen LogP contribution >= 0.6 is 0 Å². The molecule has 0 spiro atoms. The first-order valence-electron chi connectivity index (χ1n) is 13.8. The molecule has 1 fully saturated rings. The van der Waals surface area contributed by atoms with E-state index in [2.05, 4.69) is 27.3 Å². The third-order valence-electron chi connectivity index (χ3n) is 7.82. The lowest BCUT2D eigenvalue weighted by Crippen LogP contribution is -2.35. The summed E-state index contributed by atoms with van der Waals surface area (Å²) in [5.74, 6) is -3.07. The maximum Gasteiger partial charge on any atom is 0.411 e. The third kappa shape index (κ3) is 7.32. The number of hydrogen-bond donors (Lipinski definition) is 3. The van der Waals surface area contributed by atoms with Crippen LogP contribution in [0.25, 0.3) is 0 Å². The van der Waals surface area contributed by atoms with Gasteiger partial charge in [-0.05, 0) is 87.5 Å². The highest BCUT2D eigenvalue weighted by Crippen LogP contribution is 2.40. The Morgan fingerprint density at radius 3 is 2.41 bits per heavy atom.